The Kier molecular flexibility index (Phi) is 5.11. The minimum absolute atomic E-state index is 0.129. The lowest BCUT2D eigenvalue weighted by molar-refractivity contribution is -0.129. The van der Waals surface area contributed by atoms with Crippen molar-refractivity contribution in [1.82, 2.24) is 4.90 Å². The van der Waals surface area contributed by atoms with Gasteiger partial charge >= 0.3 is 5.97 Å². The Labute approximate surface area is 169 Å². The molecule has 146 valence electrons. The maximum atomic E-state index is 11.9. The molecule has 28 heavy (non-hydrogen) atoms. The van der Waals surface area contributed by atoms with Crippen LogP contribution in [0, 0.1) is 0 Å². The summed E-state index contributed by atoms with van der Waals surface area (Å²) in [6.45, 7) is 5.16. The topological polar surface area (TPSA) is 57.6 Å². The van der Waals surface area contributed by atoms with Crippen molar-refractivity contribution in [1.29, 1.82) is 0 Å². The largest absolute Gasteiger partial charge is 0.477 e. The molecule has 0 atom stereocenters. The molecule has 1 aromatic heterocycles. The van der Waals surface area contributed by atoms with Crippen molar-refractivity contribution in [2.45, 2.75) is 46.0 Å². The number of aryl methyl sites for hydroxylation is 2. The zero-order valence-electron chi connectivity index (χ0n) is 16.4. The van der Waals surface area contributed by atoms with E-state index < -0.39 is 5.97 Å². The van der Waals surface area contributed by atoms with Gasteiger partial charge in [0, 0.05) is 30.5 Å². The van der Waals surface area contributed by atoms with Crippen LogP contribution < -0.4 is 0 Å². The van der Waals surface area contributed by atoms with Gasteiger partial charge < -0.3 is 10.0 Å². The number of carbonyl (C=O) groups excluding carboxylic acids is 1. The van der Waals surface area contributed by atoms with E-state index in [-0.39, 0.29) is 5.91 Å². The number of hydrogen-bond donors (Lipinski definition) is 1. The van der Waals surface area contributed by atoms with E-state index in [1.807, 2.05) is 11.8 Å². The highest BCUT2D eigenvalue weighted by Crippen LogP contribution is 2.44. The van der Waals surface area contributed by atoms with Gasteiger partial charge in [-0.2, -0.15) is 0 Å². The summed E-state index contributed by atoms with van der Waals surface area (Å²) in [4.78, 5) is 27.2. The first kappa shape index (κ1) is 18.9. The number of piperidine rings is 1. The molecule has 1 saturated heterocycles. The normalized spacial score (nSPS) is 16.4. The van der Waals surface area contributed by atoms with Crippen molar-refractivity contribution < 1.29 is 14.7 Å². The van der Waals surface area contributed by atoms with Gasteiger partial charge in [0.25, 0.3) is 0 Å². The summed E-state index contributed by atoms with van der Waals surface area (Å²) in [5, 5.41) is 9.75. The molecule has 1 aromatic carbocycles. The number of likely N-dealkylation sites (tertiary alicyclic amines) is 1. The molecular weight excluding hydrogens is 370 g/mol. The third kappa shape index (κ3) is 3.18. The SMILES string of the molecule is CCc1c(C(=O)O)sc2c1C(=C1CCN(C(C)=O)CC1)c1ccccc1CC2. The van der Waals surface area contributed by atoms with Crippen molar-refractivity contribution in [2.24, 2.45) is 0 Å². The number of nitrogens with zero attached hydrogens (tertiary/aromatic N) is 1. The van der Waals surface area contributed by atoms with Crippen LogP contribution in [0.2, 0.25) is 0 Å². The standard InChI is InChI=1S/C23H25NO3S/c1-3-17-21-19(28-22(17)23(26)27)9-8-15-6-4-5-7-18(15)20(21)16-10-12-24(13-11-16)14(2)25/h4-7H,3,8-13H2,1-2H3,(H,26,27). The maximum Gasteiger partial charge on any atom is 0.346 e. The average Bonchev–Trinajstić information content (AvgIpc) is 2.98. The van der Waals surface area contributed by atoms with Gasteiger partial charge in [-0.05, 0) is 54.4 Å². The number of carboxylic acid groups (broad SMARTS) is 1. The molecule has 1 fully saturated rings. The number of benzene rings is 1. The van der Waals surface area contributed by atoms with Gasteiger partial charge in [-0.25, -0.2) is 4.79 Å². The molecule has 0 unspecified atom stereocenters. The Morgan fingerprint density at radius 1 is 1.11 bits per heavy atom. The van der Waals surface area contributed by atoms with Crippen LogP contribution in [0.4, 0.5) is 0 Å². The van der Waals surface area contributed by atoms with Crippen LogP contribution in [0.3, 0.4) is 0 Å². The second-order valence-corrected chi connectivity index (χ2v) is 8.61. The predicted octanol–water partition coefficient (Wildman–Crippen LogP) is 4.55. The highest BCUT2D eigenvalue weighted by molar-refractivity contribution is 7.14. The Hall–Kier alpha value is -2.40. The molecule has 2 aliphatic rings. The van der Waals surface area contributed by atoms with Crippen LogP contribution in [-0.4, -0.2) is 35.0 Å². The fourth-order valence-electron chi connectivity index (χ4n) is 4.57. The third-order valence-corrected chi connectivity index (χ3v) is 7.23. The summed E-state index contributed by atoms with van der Waals surface area (Å²) in [6.07, 6.45) is 4.23. The Bertz CT molecular complexity index is 976. The lowest BCUT2D eigenvalue weighted by atomic mass is 9.85. The fraction of sp³-hybridized carbons (Fsp3) is 0.391. The molecule has 0 saturated carbocycles. The number of carbonyl (C=O) groups is 2. The monoisotopic (exact) mass is 395 g/mol. The number of hydrogen-bond acceptors (Lipinski definition) is 3. The Morgan fingerprint density at radius 2 is 1.82 bits per heavy atom. The van der Waals surface area contributed by atoms with Crippen LogP contribution >= 0.6 is 11.3 Å². The Balaban J connectivity index is 1.93. The lowest BCUT2D eigenvalue weighted by Gasteiger charge is -2.30. The van der Waals surface area contributed by atoms with Gasteiger partial charge in [-0.1, -0.05) is 36.8 Å². The summed E-state index contributed by atoms with van der Waals surface area (Å²) < 4.78 is 0. The van der Waals surface area contributed by atoms with Crippen LogP contribution in [0.25, 0.3) is 5.57 Å². The van der Waals surface area contributed by atoms with E-state index in [1.54, 1.807) is 6.92 Å². The van der Waals surface area contributed by atoms with Crippen molar-refractivity contribution in [3.05, 3.63) is 61.8 Å². The molecule has 4 nitrogen and oxygen atoms in total. The first-order valence-corrected chi connectivity index (χ1v) is 10.8. The summed E-state index contributed by atoms with van der Waals surface area (Å²) in [5.74, 6) is -0.692. The van der Waals surface area contributed by atoms with Crippen LogP contribution in [-0.2, 0) is 24.1 Å². The summed E-state index contributed by atoms with van der Waals surface area (Å²) in [6, 6.07) is 8.54. The van der Waals surface area contributed by atoms with Gasteiger partial charge in [0.15, 0.2) is 0 Å². The van der Waals surface area contributed by atoms with Crippen LogP contribution in [0.1, 0.15) is 63.5 Å². The lowest BCUT2D eigenvalue weighted by Crippen LogP contribution is -2.34. The highest BCUT2D eigenvalue weighted by atomic mass is 32.1. The molecule has 1 aliphatic carbocycles. The molecule has 2 aromatic rings. The zero-order chi connectivity index (χ0) is 19.8. The highest BCUT2D eigenvalue weighted by Gasteiger charge is 2.30. The third-order valence-electron chi connectivity index (χ3n) is 5.95. The van der Waals surface area contributed by atoms with E-state index in [0.29, 0.717) is 11.3 Å². The molecule has 0 radical (unpaired) electrons. The maximum absolute atomic E-state index is 11.9. The summed E-state index contributed by atoms with van der Waals surface area (Å²) in [7, 11) is 0. The van der Waals surface area contributed by atoms with Gasteiger partial charge in [0.05, 0.1) is 0 Å². The van der Waals surface area contributed by atoms with Crippen molar-refractivity contribution in [2.75, 3.05) is 13.1 Å². The second-order valence-electron chi connectivity index (χ2n) is 7.51. The number of rotatable bonds is 2. The van der Waals surface area contributed by atoms with Crippen molar-refractivity contribution in [3.8, 4) is 0 Å². The Morgan fingerprint density at radius 3 is 2.46 bits per heavy atom. The molecule has 4 rings (SSSR count). The first-order chi connectivity index (χ1) is 13.5. The number of fused-ring (bicyclic) bond motifs is 2. The molecule has 0 bridgehead atoms. The smallest absolute Gasteiger partial charge is 0.346 e. The van der Waals surface area contributed by atoms with E-state index in [0.717, 1.165) is 44.3 Å². The molecule has 1 aliphatic heterocycles. The molecule has 2 heterocycles. The number of carboxylic acids is 1. The molecule has 1 N–H and O–H groups in total. The average molecular weight is 396 g/mol. The van der Waals surface area contributed by atoms with Gasteiger partial charge in [-0.15, -0.1) is 11.3 Å². The zero-order valence-corrected chi connectivity index (χ0v) is 17.2. The summed E-state index contributed by atoms with van der Waals surface area (Å²) in [5.41, 5.74) is 7.32. The molecule has 5 heteroatoms. The van der Waals surface area contributed by atoms with E-state index in [1.165, 1.54) is 44.1 Å². The quantitative estimate of drug-likeness (QED) is 0.811. The van der Waals surface area contributed by atoms with Gasteiger partial charge in [0.2, 0.25) is 5.91 Å². The number of thiophene rings is 1. The second kappa shape index (κ2) is 7.55. The number of aromatic carboxylic acids is 1. The minimum Gasteiger partial charge on any atom is -0.477 e. The van der Waals surface area contributed by atoms with E-state index in [2.05, 4.69) is 24.3 Å². The van der Waals surface area contributed by atoms with Gasteiger partial charge in [0.1, 0.15) is 4.88 Å². The van der Waals surface area contributed by atoms with Crippen LogP contribution in [0.15, 0.2) is 29.8 Å². The summed E-state index contributed by atoms with van der Waals surface area (Å²) >= 11 is 1.45. The predicted molar refractivity (Wildman–Crippen MR) is 112 cm³/mol. The van der Waals surface area contributed by atoms with Crippen molar-refractivity contribution in [3.63, 3.8) is 0 Å². The molecule has 1 amide bonds. The fourth-order valence-corrected chi connectivity index (χ4v) is 5.80. The number of amides is 1. The van der Waals surface area contributed by atoms with E-state index in [4.69, 9.17) is 0 Å². The first-order valence-electron chi connectivity index (χ1n) is 9.95. The molecular formula is C23H25NO3S. The van der Waals surface area contributed by atoms with E-state index in [9.17, 15) is 14.7 Å². The minimum atomic E-state index is -0.820. The van der Waals surface area contributed by atoms with Crippen LogP contribution in [0.5, 0.6) is 0 Å². The van der Waals surface area contributed by atoms with E-state index >= 15 is 0 Å². The van der Waals surface area contributed by atoms with Crippen molar-refractivity contribution >= 4 is 28.8 Å². The molecule has 0 spiro atoms. The van der Waals surface area contributed by atoms with Gasteiger partial charge in [-0.3, -0.25) is 4.79 Å².